The van der Waals surface area contributed by atoms with E-state index in [9.17, 15) is 4.79 Å². The van der Waals surface area contributed by atoms with E-state index < -0.39 is 5.60 Å². The summed E-state index contributed by atoms with van der Waals surface area (Å²) in [5.41, 5.74) is 1.10. The lowest BCUT2D eigenvalue weighted by Crippen LogP contribution is -2.31. The van der Waals surface area contributed by atoms with E-state index in [1.165, 1.54) is 5.56 Å². The Balaban J connectivity index is 2.54. The highest BCUT2D eigenvalue weighted by molar-refractivity contribution is 5.89. The summed E-state index contributed by atoms with van der Waals surface area (Å²) in [6, 6.07) is 7.57. The number of carbonyl (C=O) groups excluding carboxylic acids is 1. The molecular weight excluding hydrogens is 264 g/mol. The highest BCUT2D eigenvalue weighted by atomic mass is 16.6. The first kappa shape index (κ1) is 17.7. The summed E-state index contributed by atoms with van der Waals surface area (Å²) >= 11 is 0. The summed E-state index contributed by atoms with van der Waals surface area (Å²) in [6.45, 7) is 12.5. The molecule has 1 rings (SSSR count). The molecule has 0 bridgehead atoms. The molecule has 21 heavy (non-hydrogen) atoms. The molecular formula is C18H28O3. The summed E-state index contributed by atoms with van der Waals surface area (Å²) in [5.74, 6) is -0.279. The maximum atomic E-state index is 12.2. The van der Waals surface area contributed by atoms with Gasteiger partial charge in [-0.2, -0.15) is 0 Å². The van der Waals surface area contributed by atoms with Crippen LogP contribution in [0.5, 0.6) is 0 Å². The van der Waals surface area contributed by atoms with Crippen LogP contribution in [0.25, 0.3) is 0 Å². The first-order chi connectivity index (χ1) is 9.63. The highest BCUT2D eigenvalue weighted by Gasteiger charge is 2.24. The zero-order chi connectivity index (χ0) is 16.1. The average Bonchev–Trinajstić information content (AvgIpc) is 2.36. The summed E-state index contributed by atoms with van der Waals surface area (Å²) < 4.78 is 11.3. The molecule has 1 aromatic carbocycles. The molecule has 0 fully saturated rings. The normalized spacial score (nSPS) is 12.3. The van der Waals surface area contributed by atoms with Gasteiger partial charge in [-0.3, -0.25) is 0 Å². The maximum Gasteiger partial charge on any atom is 0.338 e. The van der Waals surface area contributed by atoms with Gasteiger partial charge in [0.25, 0.3) is 0 Å². The van der Waals surface area contributed by atoms with E-state index in [0.29, 0.717) is 18.6 Å². The average molecular weight is 292 g/mol. The van der Waals surface area contributed by atoms with Gasteiger partial charge < -0.3 is 9.47 Å². The fourth-order valence-corrected chi connectivity index (χ4v) is 1.84. The second-order valence-corrected chi connectivity index (χ2v) is 6.91. The molecule has 0 aliphatic heterocycles. The third kappa shape index (κ3) is 6.76. The van der Waals surface area contributed by atoms with Crippen LogP contribution in [0.1, 0.15) is 63.9 Å². The molecule has 0 aromatic heterocycles. The van der Waals surface area contributed by atoms with Gasteiger partial charge in [0.1, 0.15) is 5.60 Å². The van der Waals surface area contributed by atoms with Crippen LogP contribution < -0.4 is 0 Å². The largest absolute Gasteiger partial charge is 0.456 e. The zero-order valence-electron chi connectivity index (χ0n) is 14.2. The second kappa shape index (κ2) is 7.08. The number of rotatable bonds is 6. The Kier molecular flexibility index (Phi) is 5.97. The Morgan fingerprint density at radius 1 is 1.05 bits per heavy atom. The van der Waals surface area contributed by atoms with Crippen molar-refractivity contribution < 1.29 is 14.3 Å². The molecule has 118 valence electrons. The lowest BCUT2D eigenvalue weighted by molar-refractivity contribution is -0.0474. The third-order valence-electron chi connectivity index (χ3n) is 3.21. The van der Waals surface area contributed by atoms with Crippen LogP contribution in [0.2, 0.25) is 0 Å². The van der Waals surface area contributed by atoms with Crippen LogP contribution in [0.3, 0.4) is 0 Å². The van der Waals surface area contributed by atoms with Crippen LogP contribution in [0, 0.1) is 0 Å². The van der Waals surface area contributed by atoms with Crippen molar-refractivity contribution in [1.29, 1.82) is 0 Å². The van der Waals surface area contributed by atoms with Crippen molar-refractivity contribution in [2.75, 3.05) is 6.61 Å². The van der Waals surface area contributed by atoms with Crippen molar-refractivity contribution in [3.63, 3.8) is 0 Å². The monoisotopic (exact) mass is 292 g/mol. The van der Waals surface area contributed by atoms with Crippen LogP contribution in [-0.2, 0) is 15.9 Å². The lowest BCUT2D eigenvalue weighted by atomic mass is 10.0. The van der Waals surface area contributed by atoms with E-state index in [2.05, 4.69) is 6.92 Å². The molecule has 1 aromatic rings. The Hall–Kier alpha value is -1.35. The van der Waals surface area contributed by atoms with Crippen molar-refractivity contribution in [3.8, 4) is 0 Å². The topological polar surface area (TPSA) is 35.5 Å². The SMILES string of the molecule is CCc1ccc(C(=O)OC(C)(C)CCOC(C)(C)C)cc1. The number of carbonyl (C=O) groups is 1. The first-order valence-corrected chi connectivity index (χ1v) is 7.59. The van der Waals surface area contributed by atoms with E-state index in [-0.39, 0.29) is 11.6 Å². The molecule has 0 saturated heterocycles. The molecule has 0 amide bonds. The molecule has 0 saturated carbocycles. The predicted molar refractivity (Wildman–Crippen MR) is 85.6 cm³/mol. The van der Waals surface area contributed by atoms with Gasteiger partial charge in [0, 0.05) is 6.42 Å². The fourth-order valence-electron chi connectivity index (χ4n) is 1.84. The van der Waals surface area contributed by atoms with Crippen LogP contribution in [0.4, 0.5) is 0 Å². The number of aryl methyl sites for hydroxylation is 1. The molecule has 0 unspecified atom stereocenters. The van der Waals surface area contributed by atoms with Crippen LogP contribution in [0.15, 0.2) is 24.3 Å². The smallest absolute Gasteiger partial charge is 0.338 e. The molecule has 0 spiro atoms. The van der Waals surface area contributed by atoms with Gasteiger partial charge in [-0.25, -0.2) is 4.79 Å². The van der Waals surface area contributed by atoms with Gasteiger partial charge in [-0.15, -0.1) is 0 Å². The summed E-state index contributed by atoms with van der Waals surface area (Å²) in [4.78, 5) is 12.2. The molecule has 0 aliphatic rings. The number of hydrogen-bond donors (Lipinski definition) is 0. The van der Waals surface area contributed by atoms with E-state index in [4.69, 9.17) is 9.47 Å². The fraction of sp³-hybridized carbons (Fsp3) is 0.611. The van der Waals surface area contributed by atoms with Crippen molar-refractivity contribution in [3.05, 3.63) is 35.4 Å². The maximum absolute atomic E-state index is 12.2. The van der Waals surface area contributed by atoms with E-state index >= 15 is 0 Å². The predicted octanol–water partition coefficient (Wildman–Crippen LogP) is 4.39. The summed E-state index contributed by atoms with van der Waals surface area (Å²) in [7, 11) is 0. The third-order valence-corrected chi connectivity index (χ3v) is 3.21. The highest BCUT2D eigenvalue weighted by Crippen LogP contribution is 2.19. The molecule has 0 N–H and O–H groups in total. The lowest BCUT2D eigenvalue weighted by Gasteiger charge is -2.27. The first-order valence-electron chi connectivity index (χ1n) is 7.59. The minimum Gasteiger partial charge on any atom is -0.456 e. The van der Waals surface area contributed by atoms with Gasteiger partial charge in [0.05, 0.1) is 17.8 Å². The van der Waals surface area contributed by atoms with Crippen molar-refractivity contribution in [1.82, 2.24) is 0 Å². The second-order valence-electron chi connectivity index (χ2n) is 6.91. The Labute approximate surface area is 128 Å². The standard InChI is InChI=1S/C18H28O3/c1-7-14-8-10-15(11-9-14)16(19)21-18(5,6)12-13-20-17(2,3)4/h8-11H,7,12-13H2,1-6H3. The molecule has 0 atom stereocenters. The Morgan fingerprint density at radius 2 is 1.62 bits per heavy atom. The molecule has 0 aliphatic carbocycles. The van der Waals surface area contributed by atoms with Gasteiger partial charge in [0.15, 0.2) is 0 Å². The zero-order valence-corrected chi connectivity index (χ0v) is 14.2. The van der Waals surface area contributed by atoms with Crippen LogP contribution in [-0.4, -0.2) is 23.8 Å². The van der Waals surface area contributed by atoms with E-state index in [0.717, 1.165) is 6.42 Å². The number of benzene rings is 1. The van der Waals surface area contributed by atoms with Crippen molar-refractivity contribution in [2.24, 2.45) is 0 Å². The number of hydrogen-bond acceptors (Lipinski definition) is 3. The Morgan fingerprint density at radius 3 is 2.10 bits per heavy atom. The molecule has 0 radical (unpaired) electrons. The molecule has 3 heteroatoms. The Bertz CT molecular complexity index is 452. The molecule has 0 heterocycles. The minimum atomic E-state index is -0.536. The van der Waals surface area contributed by atoms with Crippen molar-refractivity contribution >= 4 is 5.97 Å². The van der Waals surface area contributed by atoms with E-state index in [1.807, 2.05) is 58.9 Å². The van der Waals surface area contributed by atoms with Gasteiger partial charge in [-0.1, -0.05) is 19.1 Å². The molecule has 3 nitrogen and oxygen atoms in total. The van der Waals surface area contributed by atoms with Crippen molar-refractivity contribution in [2.45, 2.75) is 65.6 Å². The quantitative estimate of drug-likeness (QED) is 0.729. The van der Waals surface area contributed by atoms with Gasteiger partial charge >= 0.3 is 5.97 Å². The van der Waals surface area contributed by atoms with Crippen LogP contribution >= 0.6 is 0 Å². The number of ether oxygens (including phenoxy) is 2. The summed E-state index contributed by atoms with van der Waals surface area (Å²) in [6.07, 6.45) is 1.63. The van der Waals surface area contributed by atoms with Gasteiger partial charge in [0.2, 0.25) is 0 Å². The minimum absolute atomic E-state index is 0.171. The van der Waals surface area contributed by atoms with E-state index in [1.54, 1.807) is 0 Å². The van der Waals surface area contributed by atoms with Gasteiger partial charge in [-0.05, 0) is 58.7 Å². The number of esters is 1. The summed E-state index contributed by atoms with van der Waals surface area (Å²) in [5, 5.41) is 0.